The highest BCUT2D eigenvalue weighted by atomic mass is 32.1. The number of carbonyl (C=O) groups excluding carboxylic acids is 2. The van der Waals surface area contributed by atoms with Gasteiger partial charge in [0, 0.05) is 35.7 Å². The molecule has 0 atom stereocenters. The molecule has 0 aliphatic carbocycles. The molecule has 0 aliphatic rings. The maximum atomic E-state index is 13.5. The normalized spacial score (nSPS) is 10.9. The van der Waals surface area contributed by atoms with Gasteiger partial charge in [-0.05, 0) is 54.1 Å². The lowest BCUT2D eigenvalue weighted by molar-refractivity contribution is -0.139. The number of hydrogen-bond acceptors (Lipinski definition) is 6. The van der Waals surface area contributed by atoms with Gasteiger partial charge in [-0.25, -0.2) is 9.78 Å². The second kappa shape index (κ2) is 18.6. The molecule has 4 aromatic rings. The number of nitrogens with one attached hydrogen (secondary N) is 1. The van der Waals surface area contributed by atoms with Gasteiger partial charge in [0.15, 0.2) is 6.61 Å². The van der Waals surface area contributed by atoms with Crippen molar-refractivity contribution in [1.29, 1.82) is 0 Å². The van der Waals surface area contributed by atoms with Crippen molar-refractivity contribution in [1.82, 2.24) is 15.2 Å². The first-order chi connectivity index (χ1) is 22.9. The van der Waals surface area contributed by atoms with Crippen molar-refractivity contribution in [2.24, 2.45) is 0 Å². The van der Waals surface area contributed by atoms with Crippen LogP contribution in [0.5, 0.6) is 5.75 Å². The van der Waals surface area contributed by atoms with Gasteiger partial charge in [0.1, 0.15) is 10.8 Å². The zero-order valence-electron chi connectivity index (χ0n) is 27.2. The monoisotopic (exact) mass is 683 g/mol. The van der Waals surface area contributed by atoms with Crippen LogP contribution in [0.1, 0.15) is 83.5 Å². The quantitative estimate of drug-likeness (QED) is 0.129. The van der Waals surface area contributed by atoms with Crippen molar-refractivity contribution in [2.75, 3.05) is 13.7 Å². The summed E-state index contributed by atoms with van der Waals surface area (Å²) in [6.07, 6.45) is 2.48. The topological polar surface area (TPSA) is 109 Å². The molecule has 48 heavy (non-hydrogen) atoms. The number of carbonyl (C=O) groups is 3. The summed E-state index contributed by atoms with van der Waals surface area (Å²) < 4.78 is 44.3. The van der Waals surface area contributed by atoms with Crippen LogP contribution in [-0.2, 0) is 24.1 Å². The van der Waals surface area contributed by atoms with Crippen LogP contribution >= 0.6 is 11.3 Å². The fourth-order valence-corrected chi connectivity index (χ4v) is 5.35. The van der Waals surface area contributed by atoms with Gasteiger partial charge in [-0.1, -0.05) is 70.2 Å². The Morgan fingerprint density at radius 1 is 0.854 bits per heavy atom. The number of aromatic nitrogens is 1. The van der Waals surface area contributed by atoms with Gasteiger partial charge in [-0.2, -0.15) is 13.2 Å². The Morgan fingerprint density at radius 2 is 1.46 bits per heavy atom. The fraction of sp³-hybridized carbons (Fsp3) is 0.333. The van der Waals surface area contributed by atoms with E-state index in [9.17, 15) is 27.6 Å². The van der Waals surface area contributed by atoms with Crippen molar-refractivity contribution < 1.29 is 37.4 Å². The first-order valence-corrected chi connectivity index (χ1v) is 16.5. The molecule has 12 heteroatoms. The summed E-state index contributed by atoms with van der Waals surface area (Å²) in [7, 11) is 1.54. The minimum Gasteiger partial charge on any atom is -0.482 e. The number of ether oxygens (including phenoxy) is 1. The predicted octanol–water partition coefficient (Wildman–Crippen LogP) is 8.47. The molecule has 8 nitrogen and oxygen atoms in total. The molecule has 2 amide bonds. The van der Waals surface area contributed by atoms with Crippen LogP contribution in [0.2, 0.25) is 0 Å². The molecular formula is C36H40F3N3O5S. The minimum atomic E-state index is -4.53. The molecule has 1 aromatic heterocycles. The van der Waals surface area contributed by atoms with Gasteiger partial charge in [0.05, 0.1) is 17.8 Å². The summed E-state index contributed by atoms with van der Waals surface area (Å²) in [5.41, 5.74) is 1.77. The highest BCUT2D eigenvalue weighted by Crippen LogP contribution is 2.30. The highest BCUT2D eigenvalue weighted by molar-refractivity contribution is 7.13. The Morgan fingerprint density at radius 3 is 2.00 bits per heavy atom. The lowest BCUT2D eigenvalue weighted by Gasteiger charge is -2.22. The van der Waals surface area contributed by atoms with Crippen LogP contribution in [-0.4, -0.2) is 46.4 Å². The van der Waals surface area contributed by atoms with Gasteiger partial charge in [-0.3, -0.25) is 9.59 Å². The van der Waals surface area contributed by atoms with Crippen molar-refractivity contribution in [3.05, 3.63) is 106 Å². The second-order valence-electron chi connectivity index (χ2n) is 10.9. The SMILES string of the molecule is CCCCCCC.CNC(=O)c1ccc(-c2nc(CN(Cc3ccc(OCC(=O)O)cc3)C(=O)c3ccc(C(F)(F)F)cc3)cs2)cc1. The Hall–Kier alpha value is -4.71. The van der Waals surface area contributed by atoms with E-state index in [4.69, 9.17) is 9.84 Å². The molecule has 0 unspecified atom stereocenters. The van der Waals surface area contributed by atoms with Gasteiger partial charge in [0.25, 0.3) is 11.8 Å². The summed E-state index contributed by atoms with van der Waals surface area (Å²) in [4.78, 5) is 42.1. The van der Waals surface area contributed by atoms with Gasteiger partial charge >= 0.3 is 12.1 Å². The molecule has 3 aromatic carbocycles. The number of thiazole rings is 1. The summed E-state index contributed by atoms with van der Waals surface area (Å²) in [5.74, 6) is -1.49. The first kappa shape index (κ1) is 37.7. The third-order valence-corrected chi connectivity index (χ3v) is 8.08. The van der Waals surface area contributed by atoms with E-state index in [1.807, 2.05) is 0 Å². The standard InChI is InChI=1S/C29H24F3N3O5S.C7H16/c1-33-26(38)19-4-6-20(7-5-19)27-34-23(17-41-27)15-35(14-18-2-12-24(13-3-18)40-16-25(36)37)28(39)21-8-10-22(11-9-21)29(30,31)32;1-3-5-7-6-4-2/h2-13,17H,14-16H2,1H3,(H,33,38)(H,36,37);3-7H2,1-2H3. The Kier molecular flexibility index (Phi) is 14.6. The lowest BCUT2D eigenvalue weighted by atomic mass is 10.1. The Bertz CT molecular complexity index is 1600. The van der Waals surface area contributed by atoms with Gasteiger partial charge in [0.2, 0.25) is 0 Å². The van der Waals surface area contributed by atoms with Crippen molar-refractivity contribution in [3.63, 3.8) is 0 Å². The average Bonchev–Trinajstić information content (AvgIpc) is 3.56. The molecule has 0 saturated heterocycles. The first-order valence-electron chi connectivity index (χ1n) is 15.6. The number of benzene rings is 3. The zero-order chi connectivity index (χ0) is 35.1. The molecule has 2 N–H and O–H groups in total. The van der Waals surface area contributed by atoms with Crippen LogP contribution in [0.3, 0.4) is 0 Å². The van der Waals surface area contributed by atoms with E-state index in [-0.39, 0.29) is 24.6 Å². The average molecular weight is 684 g/mol. The number of halogens is 3. The fourth-order valence-electron chi connectivity index (χ4n) is 4.53. The number of alkyl halides is 3. The number of rotatable bonds is 14. The second-order valence-corrected chi connectivity index (χ2v) is 11.8. The maximum Gasteiger partial charge on any atom is 0.416 e. The van der Waals surface area contributed by atoms with E-state index in [0.29, 0.717) is 27.6 Å². The molecule has 0 radical (unpaired) electrons. The molecule has 1 heterocycles. The summed E-state index contributed by atoms with van der Waals surface area (Å²) in [5, 5.41) is 13.8. The van der Waals surface area contributed by atoms with E-state index >= 15 is 0 Å². The summed E-state index contributed by atoms with van der Waals surface area (Å²) in [6, 6.07) is 17.4. The molecule has 0 aliphatic heterocycles. The highest BCUT2D eigenvalue weighted by Gasteiger charge is 2.30. The smallest absolute Gasteiger partial charge is 0.416 e. The van der Waals surface area contributed by atoms with E-state index in [1.54, 1.807) is 61.0 Å². The summed E-state index contributed by atoms with van der Waals surface area (Å²) >= 11 is 1.35. The van der Waals surface area contributed by atoms with E-state index in [2.05, 4.69) is 24.1 Å². The molecule has 0 spiro atoms. The van der Waals surface area contributed by atoms with Crippen LogP contribution in [0.25, 0.3) is 10.6 Å². The number of carboxylic acid groups (broad SMARTS) is 1. The minimum absolute atomic E-state index is 0.0734. The van der Waals surface area contributed by atoms with Crippen LogP contribution < -0.4 is 10.1 Å². The number of carboxylic acids is 1. The predicted molar refractivity (Wildman–Crippen MR) is 180 cm³/mol. The number of amides is 2. The van der Waals surface area contributed by atoms with Crippen LogP contribution in [0, 0.1) is 0 Å². The molecule has 4 rings (SSSR count). The molecule has 256 valence electrons. The van der Waals surface area contributed by atoms with Gasteiger partial charge < -0.3 is 20.1 Å². The largest absolute Gasteiger partial charge is 0.482 e. The van der Waals surface area contributed by atoms with Crippen LogP contribution in [0.4, 0.5) is 13.2 Å². The maximum absolute atomic E-state index is 13.5. The lowest BCUT2D eigenvalue weighted by Crippen LogP contribution is -2.30. The number of hydrogen-bond donors (Lipinski definition) is 2. The number of unbranched alkanes of at least 4 members (excludes halogenated alkanes) is 4. The van der Waals surface area contributed by atoms with E-state index < -0.39 is 30.2 Å². The third kappa shape index (κ3) is 11.8. The van der Waals surface area contributed by atoms with Crippen molar-refractivity contribution in [3.8, 4) is 16.3 Å². The van der Waals surface area contributed by atoms with Crippen molar-refractivity contribution >= 4 is 29.1 Å². The number of aliphatic carboxylic acids is 1. The zero-order valence-corrected chi connectivity index (χ0v) is 28.0. The Labute approximate surface area is 282 Å². The molecular weight excluding hydrogens is 643 g/mol. The third-order valence-electron chi connectivity index (χ3n) is 7.14. The van der Waals surface area contributed by atoms with Crippen LogP contribution in [0.15, 0.2) is 78.2 Å². The summed E-state index contributed by atoms with van der Waals surface area (Å²) in [6.45, 7) is 4.17. The Balaban J connectivity index is 0.000000804. The van der Waals surface area contributed by atoms with E-state index in [0.717, 1.165) is 29.8 Å². The van der Waals surface area contributed by atoms with Gasteiger partial charge in [-0.15, -0.1) is 11.3 Å². The molecule has 0 bridgehead atoms. The van der Waals surface area contributed by atoms with E-state index in [1.165, 1.54) is 48.3 Å². The van der Waals surface area contributed by atoms with Crippen molar-refractivity contribution in [2.45, 2.75) is 65.2 Å². The molecule has 0 fully saturated rings. The molecule has 0 saturated carbocycles. The number of nitrogens with zero attached hydrogens (tertiary/aromatic N) is 2.